The molecule has 0 fully saturated rings. The van der Waals surface area contributed by atoms with Crippen molar-refractivity contribution in [3.8, 4) is 32.7 Å². The zero-order chi connectivity index (χ0) is 43.7. The van der Waals surface area contributed by atoms with Crippen molar-refractivity contribution in [2.24, 2.45) is 7.05 Å². The van der Waals surface area contributed by atoms with Crippen molar-refractivity contribution in [2.75, 3.05) is 4.90 Å². The van der Waals surface area contributed by atoms with Crippen molar-refractivity contribution in [3.05, 3.63) is 161 Å². The summed E-state index contributed by atoms with van der Waals surface area (Å²) in [4.78, 5) is 3.68. The molecule has 0 amide bonds. The smallest absolute Gasteiger partial charge is 0.0607 e. The maximum atomic E-state index is 2.60. The van der Waals surface area contributed by atoms with E-state index in [-0.39, 0.29) is 5.41 Å². The predicted octanol–water partition coefficient (Wildman–Crippen LogP) is 18.5. The van der Waals surface area contributed by atoms with E-state index in [1.165, 1.54) is 146 Å². The van der Waals surface area contributed by atoms with Gasteiger partial charge in [0.2, 0.25) is 0 Å². The summed E-state index contributed by atoms with van der Waals surface area (Å²) in [7, 11) is 2.25. The highest BCUT2D eigenvalue weighted by atomic mass is 32.1. The minimum atomic E-state index is 0.0815. The van der Waals surface area contributed by atoms with Crippen molar-refractivity contribution in [1.82, 2.24) is 4.57 Å². The van der Waals surface area contributed by atoms with Gasteiger partial charge in [-0.05, 0) is 138 Å². The quantitative estimate of drug-likeness (QED) is 0.0829. The molecule has 0 N–H and O–H groups in total. The number of rotatable bonds is 17. The molecule has 9 rings (SSSR count). The number of fused-ring (bicyclic) bond motifs is 6. The fourth-order valence-corrected chi connectivity index (χ4v) is 11.8. The van der Waals surface area contributed by atoms with Crippen LogP contribution in [-0.2, 0) is 12.5 Å². The molecule has 0 saturated heterocycles. The van der Waals surface area contributed by atoms with Gasteiger partial charge in [0.15, 0.2) is 0 Å². The van der Waals surface area contributed by atoms with Crippen LogP contribution in [0.1, 0.15) is 132 Å². The van der Waals surface area contributed by atoms with Crippen LogP contribution in [0.2, 0.25) is 0 Å². The Morgan fingerprint density at radius 1 is 0.540 bits per heavy atom. The van der Waals surface area contributed by atoms with Crippen molar-refractivity contribution in [1.29, 1.82) is 0 Å². The number of aryl methyl sites for hydroxylation is 3. The standard InChI is InChI=1S/C60H66N2S/c1-8-11-13-15-35-60(36-16-14-12-9-2)54-37-42(5)19-32-51(54)52-33-24-46(38-55(52)60)47-25-34-53-56(39-47)61(7)57-40-58(63-59(53)57)45-22-30-50(31-23-45)62(48-26-17-41(4)18-27-48)49-28-20-44(21-29-49)43(6)10-3/h17-34,37-40,43H,8-16,35-36H2,1-7H3. The Hall–Kier alpha value is -5.38. The fraction of sp³-hybridized carbons (Fsp3) is 0.333. The summed E-state index contributed by atoms with van der Waals surface area (Å²) < 4.78 is 3.78. The highest BCUT2D eigenvalue weighted by Crippen LogP contribution is 2.55. The van der Waals surface area contributed by atoms with Gasteiger partial charge >= 0.3 is 0 Å². The normalized spacial score (nSPS) is 13.4. The third kappa shape index (κ3) is 8.19. The first kappa shape index (κ1) is 42.9. The molecule has 0 aliphatic heterocycles. The summed E-state index contributed by atoms with van der Waals surface area (Å²) in [6.45, 7) is 13.7. The monoisotopic (exact) mass is 846 g/mol. The summed E-state index contributed by atoms with van der Waals surface area (Å²) in [5, 5.41) is 1.33. The van der Waals surface area contributed by atoms with Gasteiger partial charge in [0.1, 0.15) is 0 Å². The molecule has 1 unspecified atom stereocenters. The molecule has 2 nitrogen and oxygen atoms in total. The lowest BCUT2D eigenvalue weighted by Crippen LogP contribution is -2.25. The van der Waals surface area contributed by atoms with Crippen LogP contribution in [-0.4, -0.2) is 4.57 Å². The molecule has 0 spiro atoms. The second-order valence-corrected chi connectivity index (χ2v) is 19.8. The molecule has 0 bridgehead atoms. The Kier molecular flexibility index (Phi) is 12.5. The van der Waals surface area contributed by atoms with Gasteiger partial charge in [-0.2, -0.15) is 0 Å². The molecule has 1 aliphatic carbocycles. The van der Waals surface area contributed by atoms with Crippen LogP contribution in [0.3, 0.4) is 0 Å². The van der Waals surface area contributed by atoms with E-state index < -0.39 is 0 Å². The maximum absolute atomic E-state index is 2.60. The highest BCUT2D eigenvalue weighted by Gasteiger charge is 2.42. The molecule has 0 radical (unpaired) electrons. The van der Waals surface area contributed by atoms with Crippen LogP contribution in [0.5, 0.6) is 0 Å². The predicted molar refractivity (Wildman–Crippen MR) is 276 cm³/mol. The molecule has 8 aromatic rings. The molecule has 63 heavy (non-hydrogen) atoms. The van der Waals surface area contributed by atoms with E-state index in [2.05, 4.69) is 192 Å². The zero-order valence-electron chi connectivity index (χ0n) is 38.9. The number of hydrogen-bond donors (Lipinski definition) is 0. The number of nitrogens with zero attached hydrogens (tertiary/aromatic N) is 2. The average molecular weight is 847 g/mol. The number of unbranched alkanes of at least 4 members (excludes halogenated alkanes) is 6. The Labute approximate surface area is 381 Å². The molecular formula is C60H66N2S. The van der Waals surface area contributed by atoms with Gasteiger partial charge in [-0.15, -0.1) is 11.3 Å². The Balaban J connectivity index is 1.03. The van der Waals surface area contributed by atoms with E-state index in [9.17, 15) is 0 Å². The fourth-order valence-electron chi connectivity index (χ4n) is 10.5. The minimum Gasteiger partial charge on any atom is -0.343 e. The van der Waals surface area contributed by atoms with E-state index in [1.54, 1.807) is 11.1 Å². The Morgan fingerprint density at radius 2 is 1.08 bits per heavy atom. The second kappa shape index (κ2) is 18.4. The van der Waals surface area contributed by atoms with Crippen LogP contribution in [0, 0.1) is 13.8 Å². The van der Waals surface area contributed by atoms with Crippen LogP contribution in [0.25, 0.3) is 53.8 Å². The largest absolute Gasteiger partial charge is 0.343 e. The number of hydrogen-bond acceptors (Lipinski definition) is 2. The molecule has 2 aromatic heterocycles. The van der Waals surface area contributed by atoms with Gasteiger partial charge in [-0.25, -0.2) is 0 Å². The van der Waals surface area contributed by atoms with Gasteiger partial charge in [0.25, 0.3) is 0 Å². The lowest BCUT2D eigenvalue weighted by atomic mass is 9.70. The van der Waals surface area contributed by atoms with Gasteiger partial charge in [0, 0.05) is 39.8 Å². The third-order valence-corrected chi connectivity index (χ3v) is 15.7. The van der Waals surface area contributed by atoms with Crippen LogP contribution >= 0.6 is 11.3 Å². The van der Waals surface area contributed by atoms with Crippen LogP contribution in [0.15, 0.2) is 133 Å². The van der Waals surface area contributed by atoms with E-state index in [0.29, 0.717) is 5.92 Å². The molecule has 0 saturated carbocycles. The van der Waals surface area contributed by atoms with Crippen molar-refractivity contribution >= 4 is 49.5 Å². The highest BCUT2D eigenvalue weighted by molar-refractivity contribution is 7.23. The second-order valence-electron chi connectivity index (χ2n) is 18.7. The van der Waals surface area contributed by atoms with Crippen molar-refractivity contribution < 1.29 is 0 Å². The first-order valence-corrected chi connectivity index (χ1v) is 24.9. The Bertz CT molecular complexity index is 2820. The molecule has 1 atom stereocenters. The summed E-state index contributed by atoms with van der Waals surface area (Å²) in [6.07, 6.45) is 14.0. The maximum Gasteiger partial charge on any atom is 0.0607 e. The van der Waals surface area contributed by atoms with Crippen molar-refractivity contribution in [3.63, 3.8) is 0 Å². The molecule has 6 aromatic carbocycles. The summed E-state index contributed by atoms with van der Waals surface area (Å²) in [6, 6.07) is 51.5. The molecule has 322 valence electrons. The van der Waals surface area contributed by atoms with E-state index in [0.717, 1.165) is 12.1 Å². The van der Waals surface area contributed by atoms with Crippen molar-refractivity contribution in [2.45, 2.75) is 124 Å². The number of benzene rings is 6. The zero-order valence-corrected chi connectivity index (χ0v) is 39.7. The lowest BCUT2D eigenvalue weighted by molar-refractivity contribution is 0.401. The third-order valence-electron chi connectivity index (χ3n) is 14.5. The topological polar surface area (TPSA) is 8.17 Å². The summed E-state index contributed by atoms with van der Waals surface area (Å²) in [5.41, 5.74) is 20.2. The first-order valence-electron chi connectivity index (χ1n) is 24.1. The average Bonchev–Trinajstić information content (AvgIpc) is 3.95. The first-order chi connectivity index (χ1) is 30.7. The summed E-state index contributed by atoms with van der Waals surface area (Å²) in [5.74, 6) is 0.551. The molecule has 2 heterocycles. The van der Waals surface area contributed by atoms with Gasteiger partial charge in [-0.3, -0.25) is 0 Å². The van der Waals surface area contributed by atoms with Gasteiger partial charge < -0.3 is 9.47 Å². The van der Waals surface area contributed by atoms with E-state index in [1.807, 2.05) is 11.3 Å². The minimum absolute atomic E-state index is 0.0815. The van der Waals surface area contributed by atoms with E-state index >= 15 is 0 Å². The Morgan fingerprint density at radius 3 is 1.71 bits per heavy atom. The number of thiophene rings is 1. The molecular weight excluding hydrogens is 781 g/mol. The molecule has 3 heteroatoms. The number of anilines is 3. The number of aromatic nitrogens is 1. The van der Waals surface area contributed by atoms with Gasteiger partial charge in [-0.1, -0.05) is 169 Å². The van der Waals surface area contributed by atoms with Crippen LogP contribution in [0.4, 0.5) is 17.1 Å². The summed E-state index contributed by atoms with van der Waals surface area (Å²) >= 11 is 1.91. The van der Waals surface area contributed by atoms with E-state index in [4.69, 9.17) is 0 Å². The SMILES string of the molecule is CCCCCCC1(CCCCCC)c2cc(C)ccc2-c2ccc(-c3ccc4c5sc(-c6ccc(N(c7ccc(C)cc7)c7ccc(C(C)CC)cc7)cc6)cc5n(C)c4c3)cc21. The lowest BCUT2D eigenvalue weighted by Gasteiger charge is -2.33. The van der Waals surface area contributed by atoms with Crippen LogP contribution < -0.4 is 4.90 Å². The van der Waals surface area contributed by atoms with Gasteiger partial charge in [0.05, 0.1) is 15.7 Å². The molecule has 1 aliphatic rings.